The molecule has 3 heterocycles. The standard InChI is InChI=1S/C17H19ClN6OS/c1-10(2)23-7-12(8-23)24-16-14(15(19)20-9-21-16)17(22-24)26(25)13-5-3-4-11(18)6-13/h3-6,9-10,12H,7-8H2,1-2H3,(H2,19,20,21). The molecule has 7 nitrogen and oxygen atoms in total. The van der Waals surface area contributed by atoms with Gasteiger partial charge in [-0.25, -0.2) is 18.9 Å². The molecule has 1 fully saturated rings. The number of hydrogen-bond donors (Lipinski definition) is 1. The van der Waals surface area contributed by atoms with E-state index in [1.807, 2.05) is 4.68 Å². The summed E-state index contributed by atoms with van der Waals surface area (Å²) in [6.45, 7) is 6.08. The quantitative estimate of drug-likeness (QED) is 0.736. The Morgan fingerprint density at radius 1 is 1.31 bits per heavy atom. The third kappa shape index (κ3) is 2.87. The first-order valence-electron chi connectivity index (χ1n) is 8.35. The zero-order valence-electron chi connectivity index (χ0n) is 14.5. The van der Waals surface area contributed by atoms with Crippen LogP contribution in [0.15, 0.2) is 40.5 Å². The van der Waals surface area contributed by atoms with Crippen LogP contribution >= 0.6 is 11.6 Å². The van der Waals surface area contributed by atoms with Crippen LogP contribution in [0, 0.1) is 0 Å². The number of nitrogens with two attached hydrogens (primary N) is 1. The van der Waals surface area contributed by atoms with E-state index in [4.69, 9.17) is 17.3 Å². The number of anilines is 1. The fourth-order valence-electron chi connectivity index (χ4n) is 3.11. The molecule has 2 N–H and O–H groups in total. The summed E-state index contributed by atoms with van der Waals surface area (Å²) in [7, 11) is -1.52. The predicted molar refractivity (Wildman–Crippen MR) is 102 cm³/mol. The molecule has 136 valence electrons. The summed E-state index contributed by atoms with van der Waals surface area (Å²) in [5.74, 6) is 0.284. The Morgan fingerprint density at radius 2 is 2.08 bits per heavy atom. The fraction of sp³-hybridized carbons (Fsp3) is 0.353. The summed E-state index contributed by atoms with van der Waals surface area (Å²) in [6.07, 6.45) is 1.42. The number of benzene rings is 1. The van der Waals surface area contributed by atoms with Crippen molar-refractivity contribution in [3.63, 3.8) is 0 Å². The highest BCUT2D eigenvalue weighted by atomic mass is 35.5. The summed E-state index contributed by atoms with van der Waals surface area (Å²) in [5.41, 5.74) is 6.70. The first-order valence-corrected chi connectivity index (χ1v) is 9.88. The van der Waals surface area contributed by atoms with E-state index in [-0.39, 0.29) is 11.9 Å². The third-order valence-electron chi connectivity index (χ3n) is 4.64. The first-order chi connectivity index (χ1) is 12.5. The zero-order chi connectivity index (χ0) is 18.4. The topological polar surface area (TPSA) is 89.9 Å². The van der Waals surface area contributed by atoms with Gasteiger partial charge in [-0.2, -0.15) is 5.10 Å². The Kier molecular flexibility index (Phi) is 4.42. The van der Waals surface area contributed by atoms with E-state index >= 15 is 0 Å². The van der Waals surface area contributed by atoms with E-state index in [1.165, 1.54) is 6.33 Å². The van der Waals surface area contributed by atoms with Crippen molar-refractivity contribution in [1.29, 1.82) is 0 Å². The molecule has 1 aliphatic heterocycles. The molecule has 0 amide bonds. The van der Waals surface area contributed by atoms with Crippen LogP contribution in [0.4, 0.5) is 5.82 Å². The van der Waals surface area contributed by atoms with Crippen molar-refractivity contribution in [2.75, 3.05) is 18.8 Å². The lowest BCUT2D eigenvalue weighted by molar-refractivity contribution is 0.0690. The van der Waals surface area contributed by atoms with Crippen molar-refractivity contribution in [2.45, 2.75) is 35.9 Å². The van der Waals surface area contributed by atoms with Gasteiger partial charge in [-0.3, -0.25) is 4.90 Å². The summed E-state index contributed by atoms with van der Waals surface area (Å²) in [6, 6.07) is 7.60. The average molecular weight is 391 g/mol. The van der Waals surface area contributed by atoms with Gasteiger partial charge in [0.2, 0.25) is 0 Å². The molecule has 0 saturated carbocycles. The predicted octanol–water partition coefficient (Wildman–Crippen LogP) is 2.49. The lowest BCUT2D eigenvalue weighted by atomic mass is 10.1. The van der Waals surface area contributed by atoms with Gasteiger partial charge in [0.15, 0.2) is 10.7 Å². The molecule has 0 bridgehead atoms. The molecular formula is C17H19ClN6OS. The van der Waals surface area contributed by atoms with E-state index in [0.29, 0.717) is 32.0 Å². The van der Waals surface area contributed by atoms with Gasteiger partial charge in [0.25, 0.3) is 0 Å². The monoisotopic (exact) mass is 390 g/mol. The smallest absolute Gasteiger partial charge is 0.167 e. The minimum absolute atomic E-state index is 0.180. The zero-order valence-corrected chi connectivity index (χ0v) is 16.0. The molecule has 1 saturated heterocycles. The molecular weight excluding hydrogens is 372 g/mol. The maximum absolute atomic E-state index is 13.1. The number of rotatable bonds is 4. The molecule has 3 aromatic rings. The summed E-state index contributed by atoms with van der Waals surface area (Å²) < 4.78 is 15.0. The normalized spacial score (nSPS) is 16.9. The Labute approximate surface area is 158 Å². The minimum Gasteiger partial charge on any atom is -0.383 e. The van der Waals surface area contributed by atoms with Crippen molar-refractivity contribution < 1.29 is 4.21 Å². The third-order valence-corrected chi connectivity index (χ3v) is 6.19. The lowest BCUT2D eigenvalue weighted by Crippen LogP contribution is -2.51. The number of halogens is 1. The highest BCUT2D eigenvalue weighted by Crippen LogP contribution is 2.32. The second kappa shape index (κ2) is 6.61. The molecule has 0 spiro atoms. The van der Waals surface area contributed by atoms with E-state index in [0.717, 1.165) is 13.1 Å². The van der Waals surface area contributed by atoms with E-state index in [9.17, 15) is 4.21 Å². The molecule has 0 radical (unpaired) electrons. The van der Waals surface area contributed by atoms with E-state index < -0.39 is 10.8 Å². The molecule has 9 heteroatoms. The summed E-state index contributed by atoms with van der Waals surface area (Å²) in [5, 5.41) is 6.09. The Bertz CT molecular complexity index is 998. The van der Waals surface area contributed by atoms with Gasteiger partial charge in [-0.15, -0.1) is 0 Å². The summed E-state index contributed by atoms with van der Waals surface area (Å²) in [4.78, 5) is 11.3. The Morgan fingerprint density at radius 3 is 2.77 bits per heavy atom. The molecule has 1 aromatic carbocycles. The van der Waals surface area contributed by atoms with Crippen LogP contribution in [0.5, 0.6) is 0 Å². The van der Waals surface area contributed by atoms with Crippen molar-refractivity contribution in [1.82, 2.24) is 24.6 Å². The Hall–Kier alpha value is -2.03. The molecule has 1 aliphatic rings. The molecule has 26 heavy (non-hydrogen) atoms. The van der Waals surface area contributed by atoms with Crippen LogP contribution in [0.25, 0.3) is 11.0 Å². The minimum atomic E-state index is -1.52. The maximum atomic E-state index is 13.1. The van der Waals surface area contributed by atoms with Crippen LogP contribution in [0.2, 0.25) is 5.02 Å². The second-order valence-corrected chi connectivity index (χ2v) is 8.47. The molecule has 0 aliphatic carbocycles. The highest BCUT2D eigenvalue weighted by molar-refractivity contribution is 7.85. The fourth-order valence-corrected chi connectivity index (χ4v) is 4.56. The second-order valence-electron chi connectivity index (χ2n) is 6.63. The van der Waals surface area contributed by atoms with Crippen LogP contribution in [-0.4, -0.2) is 48.0 Å². The van der Waals surface area contributed by atoms with Gasteiger partial charge in [-0.1, -0.05) is 17.7 Å². The lowest BCUT2D eigenvalue weighted by Gasteiger charge is -2.41. The Balaban J connectivity index is 1.79. The van der Waals surface area contributed by atoms with Crippen molar-refractivity contribution in [3.8, 4) is 0 Å². The summed E-state index contributed by atoms with van der Waals surface area (Å²) >= 11 is 6.04. The molecule has 2 aromatic heterocycles. The van der Waals surface area contributed by atoms with Crippen molar-refractivity contribution in [3.05, 3.63) is 35.6 Å². The van der Waals surface area contributed by atoms with Gasteiger partial charge >= 0.3 is 0 Å². The first kappa shape index (κ1) is 17.4. The number of likely N-dealkylation sites (tertiary alicyclic amines) is 1. The van der Waals surface area contributed by atoms with Crippen LogP contribution in [0.3, 0.4) is 0 Å². The average Bonchev–Trinajstić information content (AvgIpc) is 2.93. The van der Waals surface area contributed by atoms with Gasteiger partial charge in [0.05, 0.1) is 11.4 Å². The van der Waals surface area contributed by atoms with Crippen LogP contribution in [-0.2, 0) is 10.8 Å². The number of aromatic nitrogens is 4. The number of nitrogen functional groups attached to an aromatic ring is 1. The number of fused-ring (bicyclic) bond motifs is 1. The van der Waals surface area contributed by atoms with E-state index in [1.54, 1.807) is 24.3 Å². The van der Waals surface area contributed by atoms with Crippen LogP contribution < -0.4 is 5.73 Å². The highest BCUT2D eigenvalue weighted by Gasteiger charge is 2.33. The number of hydrogen-bond acceptors (Lipinski definition) is 6. The number of nitrogens with zero attached hydrogens (tertiary/aromatic N) is 5. The van der Waals surface area contributed by atoms with Gasteiger partial charge in [-0.05, 0) is 32.0 Å². The SMILES string of the molecule is CC(C)N1CC(n2nc(S(=O)c3cccc(Cl)c3)c3c(N)ncnc32)C1. The van der Waals surface area contributed by atoms with Gasteiger partial charge in [0.1, 0.15) is 22.9 Å². The molecule has 1 unspecified atom stereocenters. The largest absolute Gasteiger partial charge is 0.383 e. The van der Waals surface area contributed by atoms with Crippen molar-refractivity contribution in [2.24, 2.45) is 0 Å². The maximum Gasteiger partial charge on any atom is 0.167 e. The van der Waals surface area contributed by atoms with Crippen LogP contribution in [0.1, 0.15) is 19.9 Å². The van der Waals surface area contributed by atoms with Gasteiger partial charge in [0, 0.05) is 29.0 Å². The molecule has 4 rings (SSSR count). The van der Waals surface area contributed by atoms with Crippen molar-refractivity contribution >= 4 is 39.3 Å². The van der Waals surface area contributed by atoms with Gasteiger partial charge < -0.3 is 5.73 Å². The molecule has 1 atom stereocenters. The van der Waals surface area contributed by atoms with E-state index in [2.05, 4.69) is 33.8 Å².